The Morgan fingerprint density at radius 2 is 1.95 bits per heavy atom. The van der Waals surface area contributed by atoms with Crippen molar-refractivity contribution < 1.29 is 4.79 Å². The fourth-order valence-corrected chi connectivity index (χ4v) is 2.18. The molecule has 0 bridgehead atoms. The van der Waals surface area contributed by atoms with E-state index in [0.717, 1.165) is 31.6 Å². The van der Waals surface area contributed by atoms with Gasteiger partial charge in [-0.1, -0.05) is 32.9 Å². The molecule has 0 spiro atoms. The van der Waals surface area contributed by atoms with Gasteiger partial charge in [-0.2, -0.15) is 5.26 Å². The van der Waals surface area contributed by atoms with Crippen LogP contribution in [0.15, 0.2) is 24.3 Å². The van der Waals surface area contributed by atoms with Crippen LogP contribution >= 0.6 is 0 Å². The largest absolute Gasteiger partial charge is 0.326 e. The van der Waals surface area contributed by atoms with E-state index in [1.54, 1.807) is 0 Å². The van der Waals surface area contributed by atoms with Crippen LogP contribution in [0.3, 0.4) is 0 Å². The number of hydrogen-bond acceptors (Lipinski definition) is 3. The highest BCUT2D eigenvalue weighted by Crippen LogP contribution is 2.21. The van der Waals surface area contributed by atoms with Crippen LogP contribution in [-0.4, -0.2) is 12.5 Å². The highest BCUT2D eigenvalue weighted by molar-refractivity contribution is 5.90. The molecule has 1 aromatic carbocycles. The van der Waals surface area contributed by atoms with E-state index in [9.17, 15) is 4.79 Å². The lowest BCUT2D eigenvalue weighted by molar-refractivity contribution is -0.116. The molecule has 0 heterocycles. The van der Waals surface area contributed by atoms with Crippen LogP contribution in [0.1, 0.15) is 52.0 Å². The Labute approximate surface area is 133 Å². The first-order chi connectivity index (χ1) is 10.5. The van der Waals surface area contributed by atoms with Crippen LogP contribution < -0.4 is 10.6 Å². The molecule has 4 nitrogen and oxygen atoms in total. The normalized spacial score (nSPS) is 11.0. The second-order valence-corrected chi connectivity index (χ2v) is 6.42. The molecule has 0 unspecified atom stereocenters. The number of carbonyl (C=O) groups excluding carboxylic acids is 1. The Kier molecular flexibility index (Phi) is 7.62. The molecule has 1 amide bonds. The quantitative estimate of drug-likeness (QED) is 0.728. The maximum Gasteiger partial charge on any atom is 0.224 e. The van der Waals surface area contributed by atoms with Crippen LogP contribution in [0.25, 0.3) is 0 Å². The molecule has 0 saturated heterocycles. The second-order valence-electron chi connectivity index (χ2n) is 6.42. The second kappa shape index (κ2) is 9.22. The maximum absolute atomic E-state index is 11.5. The summed E-state index contributed by atoms with van der Waals surface area (Å²) in [4.78, 5) is 11.5. The zero-order chi connectivity index (χ0) is 16.4. The number of benzene rings is 1. The number of nitrogens with zero attached hydrogens (tertiary/aromatic N) is 1. The molecule has 22 heavy (non-hydrogen) atoms. The molecule has 0 aromatic heterocycles. The Morgan fingerprint density at radius 3 is 2.55 bits per heavy atom. The molecule has 0 saturated carbocycles. The molecule has 0 atom stereocenters. The minimum atomic E-state index is 0.0626. The van der Waals surface area contributed by atoms with Crippen LogP contribution in [-0.2, 0) is 11.3 Å². The van der Waals surface area contributed by atoms with Crippen molar-refractivity contribution in [1.82, 2.24) is 5.32 Å². The van der Waals surface area contributed by atoms with Gasteiger partial charge in [-0.15, -0.1) is 0 Å². The first-order valence-corrected chi connectivity index (χ1v) is 7.93. The van der Waals surface area contributed by atoms with Gasteiger partial charge in [0.15, 0.2) is 0 Å². The lowest BCUT2D eigenvalue weighted by atomic mass is 9.88. The molecule has 1 aromatic rings. The summed E-state index contributed by atoms with van der Waals surface area (Å²) >= 11 is 0. The van der Waals surface area contributed by atoms with E-state index in [0.29, 0.717) is 12.8 Å². The van der Waals surface area contributed by atoms with Crippen molar-refractivity contribution in [2.45, 2.75) is 53.0 Å². The summed E-state index contributed by atoms with van der Waals surface area (Å²) in [6, 6.07) is 10.1. The monoisotopic (exact) mass is 301 g/mol. The van der Waals surface area contributed by atoms with Crippen molar-refractivity contribution in [3.8, 4) is 6.07 Å². The van der Waals surface area contributed by atoms with Crippen molar-refractivity contribution in [2.75, 3.05) is 11.9 Å². The average molecular weight is 301 g/mol. The zero-order valence-corrected chi connectivity index (χ0v) is 13.9. The SMILES string of the molecule is CCCC(=O)Nc1ccc(CNCC(C)(C)CCC#N)cc1. The van der Waals surface area contributed by atoms with Crippen LogP contribution in [0, 0.1) is 16.7 Å². The van der Waals surface area contributed by atoms with Crippen molar-refractivity contribution >= 4 is 11.6 Å². The summed E-state index contributed by atoms with van der Waals surface area (Å²) in [6.45, 7) is 8.00. The number of amides is 1. The third-order valence-corrected chi connectivity index (χ3v) is 3.56. The summed E-state index contributed by atoms with van der Waals surface area (Å²) in [5, 5.41) is 15.0. The van der Waals surface area contributed by atoms with Gasteiger partial charge >= 0.3 is 0 Å². The van der Waals surface area contributed by atoms with Gasteiger partial charge in [0, 0.05) is 31.6 Å². The van der Waals surface area contributed by atoms with Gasteiger partial charge < -0.3 is 10.6 Å². The smallest absolute Gasteiger partial charge is 0.224 e. The van der Waals surface area contributed by atoms with Crippen molar-refractivity contribution in [3.05, 3.63) is 29.8 Å². The first kappa shape index (κ1) is 18.2. The Morgan fingerprint density at radius 1 is 1.27 bits per heavy atom. The van der Waals surface area contributed by atoms with Gasteiger partial charge in [0.1, 0.15) is 0 Å². The summed E-state index contributed by atoms with van der Waals surface area (Å²) < 4.78 is 0. The minimum Gasteiger partial charge on any atom is -0.326 e. The number of hydrogen-bond donors (Lipinski definition) is 2. The van der Waals surface area contributed by atoms with Crippen molar-refractivity contribution in [1.29, 1.82) is 5.26 Å². The van der Waals surface area contributed by atoms with Crippen LogP contribution in [0.5, 0.6) is 0 Å². The molecule has 0 fully saturated rings. The lowest BCUT2D eigenvalue weighted by Crippen LogP contribution is -2.29. The van der Waals surface area contributed by atoms with Gasteiger partial charge in [-0.3, -0.25) is 4.79 Å². The number of nitrogens with one attached hydrogen (secondary N) is 2. The number of rotatable bonds is 9. The van der Waals surface area contributed by atoms with Crippen LogP contribution in [0.2, 0.25) is 0 Å². The standard InChI is InChI=1S/C18H27N3O/c1-4-6-17(22)21-16-9-7-15(8-10-16)13-20-14-18(2,3)11-5-12-19/h7-10,20H,4-6,11,13-14H2,1-3H3,(H,21,22). The number of nitriles is 1. The van der Waals surface area contributed by atoms with Crippen molar-refractivity contribution in [2.24, 2.45) is 5.41 Å². The molecule has 0 aliphatic rings. The molecule has 0 aliphatic heterocycles. The molecular formula is C18H27N3O. The van der Waals surface area contributed by atoms with E-state index in [2.05, 4.69) is 30.6 Å². The third kappa shape index (κ3) is 7.24. The third-order valence-electron chi connectivity index (χ3n) is 3.56. The van der Waals surface area contributed by atoms with Gasteiger partial charge in [-0.25, -0.2) is 0 Å². The average Bonchev–Trinajstić information content (AvgIpc) is 2.47. The molecule has 4 heteroatoms. The van der Waals surface area contributed by atoms with Gasteiger partial charge in [-0.05, 0) is 36.0 Å². The van der Waals surface area contributed by atoms with E-state index in [1.165, 1.54) is 5.56 Å². The highest BCUT2D eigenvalue weighted by Gasteiger charge is 2.16. The Balaban J connectivity index is 2.38. The summed E-state index contributed by atoms with van der Waals surface area (Å²) in [5.74, 6) is 0.0626. The van der Waals surface area contributed by atoms with Gasteiger partial charge in [0.05, 0.1) is 6.07 Å². The first-order valence-electron chi connectivity index (χ1n) is 7.93. The van der Waals surface area contributed by atoms with Gasteiger partial charge in [0.25, 0.3) is 0 Å². The number of anilines is 1. The minimum absolute atomic E-state index is 0.0626. The van der Waals surface area contributed by atoms with E-state index in [4.69, 9.17) is 5.26 Å². The predicted molar refractivity (Wildman–Crippen MR) is 90.3 cm³/mol. The topological polar surface area (TPSA) is 64.9 Å². The molecular weight excluding hydrogens is 274 g/mol. The van der Waals surface area contributed by atoms with E-state index in [1.807, 2.05) is 31.2 Å². The maximum atomic E-state index is 11.5. The molecule has 1 rings (SSSR count). The van der Waals surface area contributed by atoms with E-state index in [-0.39, 0.29) is 11.3 Å². The van der Waals surface area contributed by atoms with Gasteiger partial charge in [0.2, 0.25) is 5.91 Å². The fraction of sp³-hybridized carbons (Fsp3) is 0.556. The zero-order valence-electron chi connectivity index (χ0n) is 13.9. The Hall–Kier alpha value is -1.86. The lowest BCUT2D eigenvalue weighted by Gasteiger charge is -2.23. The predicted octanol–water partition coefficient (Wildman–Crippen LogP) is 3.84. The van der Waals surface area contributed by atoms with E-state index < -0.39 is 0 Å². The molecule has 0 aliphatic carbocycles. The molecule has 120 valence electrons. The number of carbonyl (C=O) groups is 1. The molecule has 0 radical (unpaired) electrons. The highest BCUT2D eigenvalue weighted by atomic mass is 16.1. The molecule has 2 N–H and O–H groups in total. The van der Waals surface area contributed by atoms with Crippen LogP contribution in [0.4, 0.5) is 5.69 Å². The van der Waals surface area contributed by atoms with Crippen molar-refractivity contribution in [3.63, 3.8) is 0 Å². The fourth-order valence-electron chi connectivity index (χ4n) is 2.18. The summed E-state index contributed by atoms with van der Waals surface area (Å²) in [6.07, 6.45) is 2.91. The summed E-state index contributed by atoms with van der Waals surface area (Å²) in [5.41, 5.74) is 2.16. The van der Waals surface area contributed by atoms with E-state index >= 15 is 0 Å². The Bertz CT molecular complexity index is 500. The summed E-state index contributed by atoms with van der Waals surface area (Å²) in [7, 11) is 0.